The van der Waals surface area contributed by atoms with Gasteiger partial charge in [0.15, 0.2) is 0 Å². The Kier molecular flexibility index (Phi) is 4.45. The van der Waals surface area contributed by atoms with Crippen LogP contribution in [-0.4, -0.2) is 42.8 Å². The summed E-state index contributed by atoms with van der Waals surface area (Å²) >= 11 is 0. The summed E-state index contributed by atoms with van der Waals surface area (Å²) < 4.78 is 5.62. The van der Waals surface area contributed by atoms with Crippen LogP contribution < -0.4 is 5.73 Å². The first-order valence-electron chi connectivity index (χ1n) is 7.22. The van der Waals surface area contributed by atoms with Gasteiger partial charge in [-0.15, -0.1) is 0 Å². The van der Waals surface area contributed by atoms with Gasteiger partial charge in [0.2, 0.25) is 0 Å². The van der Waals surface area contributed by atoms with Crippen LogP contribution in [0.3, 0.4) is 0 Å². The molecule has 0 aromatic carbocycles. The summed E-state index contributed by atoms with van der Waals surface area (Å²) in [5.74, 6) is 0.873. The monoisotopic (exact) mass is 240 g/mol. The van der Waals surface area contributed by atoms with Crippen molar-refractivity contribution in [2.24, 2.45) is 11.7 Å². The lowest BCUT2D eigenvalue weighted by Crippen LogP contribution is -2.59. The third kappa shape index (κ3) is 2.83. The Morgan fingerprint density at radius 1 is 1.29 bits per heavy atom. The Bertz CT molecular complexity index is 236. The maximum absolute atomic E-state index is 6.14. The van der Waals surface area contributed by atoms with E-state index in [1.165, 1.54) is 25.8 Å². The number of rotatable bonds is 2. The summed E-state index contributed by atoms with van der Waals surface area (Å²) in [4.78, 5) is 2.70. The minimum atomic E-state index is 0.218. The van der Waals surface area contributed by atoms with Crippen LogP contribution in [0.25, 0.3) is 0 Å². The molecule has 2 N–H and O–H groups in total. The van der Waals surface area contributed by atoms with E-state index in [0.29, 0.717) is 6.04 Å². The summed E-state index contributed by atoms with van der Waals surface area (Å²) in [6, 6.07) is 0.681. The average Bonchev–Trinajstić information content (AvgIpc) is 2.55. The largest absolute Gasteiger partial charge is 0.381 e. The number of hydrogen-bond donors (Lipinski definition) is 1. The predicted octanol–water partition coefficient (Wildman–Crippen LogP) is 2.00. The fourth-order valence-corrected chi connectivity index (χ4v) is 3.71. The fourth-order valence-electron chi connectivity index (χ4n) is 3.71. The molecule has 2 heterocycles. The van der Waals surface area contributed by atoms with Gasteiger partial charge in [-0.05, 0) is 51.5 Å². The zero-order valence-electron chi connectivity index (χ0n) is 11.5. The quantitative estimate of drug-likeness (QED) is 0.802. The zero-order valence-corrected chi connectivity index (χ0v) is 11.5. The van der Waals surface area contributed by atoms with Crippen molar-refractivity contribution in [1.29, 1.82) is 0 Å². The molecule has 3 nitrogen and oxygen atoms in total. The second-order valence-electron chi connectivity index (χ2n) is 6.07. The summed E-state index contributed by atoms with van der Waals surface area (Å²) in [7, 11) is 0. The van der Waals surface area contributed by atoms with E-state index in [9.17, 15) is 0 Å². The summed E-state index contributed by atoms with van der Waals surface area (Å²) in [6.07, 6.45) is 6.13. The molecule has 2 aliphatic rings. The van der Waals surface area contributed by atoms with Gasteiger partial charge in [0, 0.05) is 31.3 Å². The highest BCUT2D eigenvalue weighted by atomic mass is 16.5. The predicted molar refractivity (Wildman–Crippen MR) is 71.0 cm³/mol. The Hall–Kier alpha value is -0.120. The molecule has 3 unspecified atom stereocenters. The maximum Gasteiger partial charge on any atom is 0.0484 e. The van der Waals surface area contributed by atoms with Gasteiger partial charge in [0.1, 0.15) is 0 Å². The van der Waals surface area contributed by atoms with Gasteiger partial charge in [-0.3, -0.25) is 4.90 Å². The molecule has 100 valence electrons. The average molecular weight is 240 g/mol. The van der Waals surface area contributed by atoms with Gasteiger partial charge in [-0.2, -0.15) is 0 Å². The van der Waals surface area contributed by atoms with Crippen LogP contribution in [-0.2, 0) is 4.74 Å². The third-order valence-corrected chi connectivity index (χ3v) is 4.77. The lowest BCUT2D eigenvalue weighted by molar-refractivity contribution is 0.00149. The minimum absolute atomic E-state index is 0.218. The molecule has 2 fully saturated rings. The Morgan fingerprint density at radius 3 is 2.82 bits per heavy atom. The normalized spacial score (nSPS) is 41.1. The molecule has 0 aliphatic carbocycles. The molecule has 0 saturated carbocycles. The van der Waals surface area contributed by atoms with E-state index < -0.39 is 0 Å². The Labute approximate surface area is 106 Å². The van der Waals surface area contributed by atoms with Crippen molar-refractivity contribution in [3.63, 3.8) is 0 Å². The van der Waals surface area contributed by atoms with Crippen molar-refractivity contribution in [3.05, 3.63) is 0 Å². The second-order valence-corrected chi connectivity index (χ2v) is 6.07. The molecule has 0 aromatic rings. The van der Waals surface area contributed by atoms with E-state index in [4.69, 9.17) is 10.5 Å². The van der Waals surface area contributed by atoms with Crippen LogP contribution in [0.2, 0.25) is 0 Å². The molecule has 0 amide bonds. The third-order valence-electron chi connectivity index (χ3n) is 4.77. The molecule has 0 spiro atoms. The van der Waals surface area contributed by atoms with Crippen LogP contribution in [0.5, 0.6) is 0 Å². The first kappa shape index (κ1) is 13.3. The van der Waals surface area contributed by atoms with Crippen LogP contribution in [0.1, 0.15) is 46.0 Å². The van der Waals surface area contributed by atoms with Crippen molar-refractivity contribution in [2.75, 3.05) is 26.3 Å². The lowest BCUT2D eigenvalue weighted by Gasteiger charge is -2.49. The maximum atomic E-state index is 6.14. The van der Waals surface area contributed by atoms with Crippen molar-refractivity contribution >= 4 is 0 Å². The van der Waals surface area contributed by atoms with Gasteiger partial charge >= 0.3 is 0 Å². The topological polar surface area (TPSA) is 38.5 Å². The molecule has 2 aliphatic heterocycles. The summed E-state index contributed by atoms with van der Waals surface area (Å²) in [5.41, 5.74) is 6.36. The van der Waals surface area contributed by atoms with Gasteiger partial charge in [-0.1, -0.05) is 6.92 Å². The van der Waals surface area contributed by atoms with Gasteiger partial charge in [-0.25, -0.2) is 0 Å². The summed E-state index contributed by atoms with van der Waals surface area (Å²) in [6.45, 7) is 8.56. The van der Waals surface area contributed by atoms with E-state index in [1.54, 1.807) is 0 Å². The molecule has 2 saturated heterocycles. The number of ether oxygens (including phenoxy) is 1. The molecule has 0 aromatic heterocycles. The van der Waals surface area contributed by atoms with Crippen LogP contribution in [0.4, 0.5) is 0 Å². The highest BCUT2D eigenvalue weighted by Gasteiger charge is 2.40. The van der Waals surface area contributed by atoms with E-state index in [1.807, 2.05) is 0 Å². The molecule has 0 radical (unpaired) electrons. The van der Waals surface area contributed by atoms with E-state index in [-0.39, 0.29) is 5.54 Å². The Morgan fingerprint density at radius 2 is 2.12 bits per heavy atom. The second kappa shape index (κ2) is 5.68. The standard InChI is InChI=1S/C14H28N2O/c1-12-4-7-16(13(2)10-12)14(11-15)5-3-8-17-9-6-14/h12-13H,3-11,15H2,1-2H3. The molecule has 3 heteroatoms. The fraction of sp³-hybridized carbons (Fsp3) is 1.00. The lowest BCUT2D eigenvalue weighted by atomic mass is 9.82. The van der Waals surface area contributed by atoms with Crippen molar-refractivity contribution in [3.8, 4) is 0 Å². The van der Waals surface area contributed by atoms with Crippen molar-refractivity contribution in [2.45, 2.75) is 57.5 Å². The highest BCUT2D eigenvalue weighted by molar-refractivity contribution is 4.97. The molecule has 3 atom stereocenters. The van der Waals surface area contributed by atoms with E-state index in [2.05, 4.69) is 18.7 Å². The van der Waals surface area contributed by atoms with Crippen LogP contribution in [0.15, 0.2) is 0 Å². The number of likely N-dealkylation sites (tertiary alicyclic amines) is 1. The van der Waals surface area contributed by atoms with Gasteiger partial charge in [0.05, 0.1) is 0 Å². The smallest absolute Gasteiger partial charge is 0.0484 e. The molecule has 0 bridgehead atoms. The highest BCUT2D eigenvalue weighted by Crippen LogP contribution is 2.34. The molecule has 17 heavy (non-hydrogen) atoms. The van der Waals surface area contributed by atoms with Gasteiger partial charge in [0.25, 0.3) is 0 Å². The molecular formula is C14H28N2O. The van der Waals surface area contributed by atoms with Crippen LogP contribution >= 0.6 is 0 Å². The van der Waals surface area contributed by atoms with E-state index in [0.717, 1.165) is 38.5 Å². The number of hydrogen-bond acceptors (Lipinski definition) is 3. The number of piperidine rings is 1. The van der Waals surface area contributed by atoms with Crippen molar-refractivity contribution < 1.29 is 4.74 Å². The number of nitrogens with zero attached hydrogens (tertiary/aromatic N) is 1. The Balaban J connectivity index is 2.10. The van der Waals surface area contributed by atoms with Crippen molar-refractivity contribution in [1.82, 2.24) is 4.90 Å². The zero-order chi connectivity index (χ0) is 12.3. The van der Waals surface area contributed by atoms with Gasteiger partial charge < -0.3 is 10.5 Å². The molecule has 2 rings (SSSR count). The SMILES string of the molecule is CC1CCN(C2(CN)CCCOCC2)C(C)C1. The summed E-state index contributed by atoms with van der Waals surface area (Å²) in [5, 5.41) is 0. The first-order valence-corrected chi connectivity index (χ1v) is 7.22. The molecular weight excluding hydrogens is 212 g/mol. The van der Waals surface area contributed by atoms with E-state index >= 15 is 0 Å². The minimum Gasteiger partial charge on any atom is -0.381 e. The first-order chi connectivity index (χ1) is 8.18. The number of nitrogens with two attached hydrogens (primary N) is 1. The van der Waals surface area contributed by atoms with Crippen LogP contribution in [0, 0.1) is 5.92 Å².